The summed E-state index contributed by atoms with van der Waals surface area (Å²) in [5.41, 5.74) is 7.12. The van der Waals surface area contributed by atoms with E-state index in [1.54, 1.807) is 0 Å². The Morgan fingerprint density at radius 1 is 1.24 bits per heavy atom. The normalized spacial score (nSPS) is 17.6. The molecule has 1 fully saturated rings. The van der Waals surface area contributed by atoms with E-state index in [0.717, 1.165) is 25.2 Å². The van der Waals surface area contributed by atoms with Crippen molar-refractivity contribution in [2.45, 2.75) is 52.0 Å². The number of nitrogens with one attached hydrogen (secondary N) is 1. The highest BCUT2D eigenvalue weighted by atomic mass is 127. The molecule has 0 radical (unpaired) electrons. The van der Waals surface area contributed by atoms with Crippen molar-refractivity contribution in [3.05, 3.63) is 30.1 Å². The molecule has 0 spiro atoms. The molecule has 25 heavy (non-hydrogen) atoms. The van der Waals surface area contributed by atoms with Crippen LogP contribution in [0.1, 0.15) is 45.2 Å². The van der Waals surface area contributed by atoms with E-state index in [-0.39, 0.29) is 24.0 Å². The average Bonchev–Trinajstić information content (AvgIpc) is 2.85. The zero-order valence-corrected chi connectivity index (χ0v) is 18.0. The molecule has 6 heteroatoms. The largest absolute Gasteiger partial charge is 0.370 e. The third-order valence-electron chi connectivity index (χ3n) is 4.74. The Labute approximate surface area is 169 Å². The van der Waals surface area contributed by atoms with Crippen LogP contribution in [0.3, 0.4) is 0 Å². The number of aliphatic imine (C=N–C) groups is 1. The van der Waals surface area contributed by atoms with Crippen molar-refractivity contribution in [3.63, 3.8) is 0 Å². The fraction of sp³-hybridized carbons (Fsp3) is 0.684. The lowest BCUT2D eigenvalue weighted by molar-refractivity contribution is 0.166. The quantitative estimate of drug-likeness (QED) is 0.374. The Morgan fingerprint density at radius 2 is 1.96 bits per heavy atom. The second kappa shape index (κ2) is 12.5. The zero-order chi connectivity index (χ0) is 17.2. The number of nitrogens with zero attached hydrogens (tertiary/aromatic N) is 3. The molecule has 0 amide bonds. The second-order valence-electron chi connectivity index (χ2n) is 6.99. The van der Waals surface area contributed by atoms with E-state index < -0.39 is 0 Å². The highest BCUT2D eigenvalue weighted by Crippen LogP contribution is 2.17. The summed E-state index contributed by atoms with van der Waals surface area (Å²) in [7, 11) is 0. The van der Waals surface area contributed by atoms with E-state index in [9.17, 15) is 0 Å². The molecule has 0 bridgehead atoms. The van der Waals surface area contributed by atoms with Crippen LogP contribution >= 0.6 is 24.0 Å². The molecule has 1 aliphatic heterocycles. The Kier molecular flexibility index (Phi) is 11.0. The van der Waals surface area contributed by atoms with Gasteiger partial charge in [0.15, 0.2) is 5.96 Å². The fourth-order valence-electron chi connectivity index (χ4n) is 3.29. The van der Waals surface area contributed by atoms with E-state index in [1.165, 1.54) is 38.8 Å². The molecule has 3 N–H and O–H groups in total. The molecule has 142 valence electrons. The van der Waals surface area contributed by atoms with Crippen LogP contribution in [0, 0.1) is 5.92 Å². The van der Waals surface area contributed by atoms with Gasteiger partial charge in [0.1, 0.15) is 0 Å². The lowest BCUT2D eigenvalue weighted by atomic mass is 10.0. The molecule has 0 aliphatic carbocycles. The molecular formula is C19H34IN5. The number of rotatable bonds is 7. The zero-order valence-electron chi connectivity index (χ0n) is 15.7. The Balaban J connectivity index is 0.00000312. The van der Waals surface area contributed by atoms with Crippen molar-refractivity contribution < 1.29 is 0 Å². The summed E-state index contributed by atoms with van der Waals surface area (Å²) in [6, 6.07) is 6.46. The van der Waals surface area contributed by atoms with Gasteiger partial charge >= 0.3 is 0 Å². The molecule has 1 aliphatic rings. The lowest BCUT2D eigenvalue weighted by Gasteiger charge is -2.32. The number of likely N-dealkylation sites (tertiary alicyclic amines) is 1. The predicted molar refractivity (Wildman–Crippen MR) is 117 cm³/mol. The third kappa shape index (κ3) is 8.35. The van der Waals surface area contributed by atoms with Crippen LogP contribution in [0.25, 0.3) is 0 Å². The summed E-state index contributed by atoms with van der Waals surface area (Å²) in [4.78, 5) is 11.5. The van der Waals surface area contributed by atoms with Gasteiger partial charge in [-0.05, 0) is 44.0 Å². The van der Waals surface area contributed by atoms with E-state index in [4.69, 9.17) is 5.73 Å². The van der Waals surface area contributed by atoms with E-state index in [1.807, 2.05) is 24.4 Å². The highest BCUT2D eigenvalue weighted by Gasteiger charge is 2.22. The smallest absolute Gasteiger partial charge is 0.188 e. The fourth-order valence-corrected chi connectivity index (χ4v) is 3.29. The van der Waals surface area contributed by atoms with Crippen LogP contribution in [0.15, 0.2) is 29.4 Å². The average molecular weight is 459 g/mol. The number of aromatic nitrogens is 1. The first-order valence-electron chi connectivity index (χ1n) is 9.34. The van der Waals surface area contributed by atoms with Gasteiger partial charge in [-0.1, -0.05) is 32.8 Å². The van der Waals surface area contributed by atoms with Gasteiger partial charge in [-0.25, -0.2) is 0 Å². The van der Waals surface area contributed by atoms with Gasteiger partial charge in [-0.2, -0.15) is 0 Å². The van der Waals surface area contributed by atoms with Crippen LogP contribution in [-0.4, -0.2) is 48.1 Å². The van der Waals surface area contributed by atoms with Crippen molar-refractivity contribution in [1.82, 2.24) is 15.2 Å². The van der Waals surface area contributed by atoms with Gasteiger partial charge in [0.05, 0.1) is 6.54 Å². The molecule has 1 atom stereocenters. The number of hydrogen-bond donors (Lipinski definition) is 2. The van der Waals surface area contributed by atoms with Gasteiger partial charge < -0.3 is 11.1 Å². The minimum atomic E-state index is 0. The maximum absolute atomic E-state index is 6.05. The van der Waals surface area contributed by atoms with Crippen LogP contribution in [0.2, 0.25) is 0 Å². The summed E-state index contributed by atoms with van der Waals surface area (Å²) in [6.07, 6.45) is 8.02. The topological polar surface area (TPSA) is 66.5 Å². The monoisotopic (exact) mass is 459 g/mol. The number of pyridine rings is 1. The number of nitrogens with two attached hydrogens (primary N) is 1. The second-order valence-corrected chi connectivity index (χ2v) is 6.99. The molecule has 0 aromatic carbocycles. The van der Waals surface area contributed by atoms with Crippen molar-refractivity contribution in [2.24, 2.45) is 16.6 Å². The molecule has 1 saturated heterocycles. The number of hydrogen-bond acceptors (Lipinski definition) is 3. The molecule has 2 heterocycles. The SMILES string of the molecule is CC(C)C(CN=C(N)NCCc1ccccn1)N1CCCCCC1.I. The van der Waals surface area contributed by atoms with E-state index in [2.05, 4.69) is 34.0 Å². The van der Waals surface area contributed by atoms with Gasteiger partial charge in [0, 0.05) is 30.9 Å². The standard InChI is InChI=1S/C19H33N5.HI/c1-16(2)18(24-13-7-3-4-8-14-24)15-23-19(20)22-12-10-17-9-5-6-11-21-17;/h5-6,9,11,16,18H,3-4,7-8,10,12-15H2,1-2H3,(H3,20,22,23);1H. The van der Waals surface area contributed by atoms with Gasteiger partial charge in [-0.15, -0.1) is 24.0 Å². The molecular weight excluding hydrogens is 425 g/mol. The van der Waals surface area contributed by atoms with Gasteiger partial charge in [0.25, 0.3) is 0 Å². The van der Waals surface area contributed by atoms with Crippen LogP contribution in [-0.2, 0) is 6.42 Å². The molecule has 2 rings (SSSR count). The molecule has 5 nitrogen and oxygen atoms in total. The van der Waals surface area contributed by atoms with Gasteiger partial charge in [-0.3, -0.25) is 14.9 Å². The van der Waals surface area contributed by atoms with E-state index >= 15 is 0 Å². The minimum Gasteiger partial charge on any atom is -0.370 e. The van der Waals surface area contributed by atoms with Crippen LogP contribution in [0.5, 0.6) is 0 Å². The highest BCUT2D eigenvalue weighted by molar-refractivity contribution is 14.0. The van der Waals surface area contributed by atoms with Crippen LogP contribution in [0.4, 0.5) is 0 Å². The first kappa shape index (κ1) is 22.2. The van der Waals surface area contributed by atoms with Crippen molar-refractivity contribution >= 4 is 29.9 Å². The molecule has 1 unspecified atom stereocenters. The van der Waals surface area contributed by atoms with Gasteiger partial charge in [0.2, 0.25) is 0 Å². The maximum atomic E-state index is 6.05. The lowest BCUT2D eigenvalue weighted by Crippen LogP contribution is -2.43. The third-order valence-corrected chi connectivity index (χ3v) is 4.74. The molecule has 1 aromatic heterocycles. The Morgan fingerprint density at radius 3 is 2.56 bits per heavy atom. The summed E-state index contributed by atoms with van der Waals surface area (Å²) in [5.74, 6) is 1.14. The van der Waals surface area contributed by atoms with Crippen molar-refractivity contribution in [3.8, 4) is 0 Å². The summed E-state index contributed by atoms with van der Waals surface area (Å²) < 4.78 is 0. The summed E-state index contributed by atoms with van der Waals surface area (Å²) in [5, 5.41) is 3.21. The Bertz CT molecular complexity index is 484. The van der Waals surface area contributed by atoms with Crippen molar-refractivity contribution in [2.75, 3.05) is 26.2 Å². The number of guanidine groups is 1. The number of halogens is 1. The predicted octanol–water partition coefficient (Wildman–Crippen LogP) is 3.05. The van der Waals surface area contributed by atoms with E-state index in [0.29, 0.717) is 17.9 Å². The molecule has 0 saturated carbocycles. The summed E-state index contributed by atoms with van der Waals surface area (Å²) >= 11 is 0. The van der Waals surface area contributed by atoms with Crippen molar-refractivity contribution in [1.29, 1.82) is 0 Å². The molecule has 1 aromatic rings. The first-order valence-corrected chi connectivity index (χ1v) is 9.34. The van der Waals surface area contributed by atoms with Crippen LogP contribution < -0.4 is 11.1 Å². The summed E-state index contributed by atoms with van der Waals surface area (Å²) in [6.45, 7) is 8.52. The maximum Gasteiger partial charge on any atom is 0.188 e. The minimum absolute atomic E-state index is 0. The Hall–Kier alpha value is -0.890. The first-order chi connectivity index (χ1) is 11.7.